The minimum Gasteiger partial charge on any atom is -0.481 e. The Morgan fingerprint density at radius 2 is 2.29 bits per heavy atom. The average Bonchev–Trinajstić information content (AvgIpc) is 2.65. The Bertz CT molecular complexity index is 438. The van der Waals surface area contributed by atoms with Crippen molar-refractivity contribution in [2.75, 3.05) is 7.11 Å². The van der Waals surface area contributed by atoms with Crippen LogP contribution in [0.2, 0.25) is 0 Å². The van der Waals surface area contributed by atoms with Gasteiger partial charge in [-0.05, 0) is 13.0 Å². The molecule has 2 aromatic rings. The molecule has 0 atom stereocenters. The maximum Gasteiger partial charge on any atom is 0.215 e. The van der Waals surface area contributed by atoms with E-state index in [2.05, 4.69) is 15.2 Å². The smallest absolute Gasteiger partial charge is 0.215 e. The van der Waals surface area contributed by atoms with Crippen LogP contribution in [0.3, 0.4) is 0 Å². The molecule has 0 saturated heterocycles. The molecule has 14 heavy (non-hydrogen) atoms. The van der Waals surface area contributed by atoms with E-state index >= 15 is 0 Å². The SMILES string of the molecule is COc1cc(-n2ncc(C)n2)ccn1. The number of nitrogens with zero attached hydrogens (tertiary/aromatic N) is 4. The predicted octanol–water partition coefficient (Wildman–Crippen LogP) is 0.979. The molecule has 2 aromatic heterocycles. The number of aromatic nitrogens is 4. The van der Waals surface area contributed by atoms with Gasteiger partial charge in [-0.1, -0.05) is 0 Å². The van der Waals surface area contributed by atoms with Crippen LogP contribution >= 0.6 is 0 Å². The highest BCUT2D eigenvalue weighted by Gasteiger charge is 2.01. The minimum atomic E-state index is 0.553. The quantitative estimate of drug-likeness (QED) is 0.708. The van der Waals surface area contributed by atoms with Crippen molar-refractivity contribution in [3.63, 3.8) is 0 Å². The second kappa shape index (κ2) is 3.45. The molecule has 0 aliphatic heterocycles. The molecule has 0 saturated carbocycles. The standard InChI is InChI=1S/C9H10N4O/c1-7-6-11-13(12-7)8-3-4-10-9(5-8)14-2/h3-6H,1-2H3. The normalized spacial score (nSPS) is 10.1. The first-order valence-corrected chi connectivity index (χ1v) is 4.19. The third-order valence-corrected chi connectivity index (χ3v) is 1.76. The van der Waals surface area contributed by atoms with Crippen LogP contribution in [0.15, 0.2) is 24.5 Å². The molecule has 2 heterocycles. The molecule has 72 valence electrons. The van der Waals surface area contributed by atoms with Gasteiger partial charge in [-0.15, -0.1) is 0 Å². The third-order valence-electron chi connectivity index (χ3n) is 1.76. The van der Waals surface area contributed by atoms with Crippen molar-refractivity contribution >= 4 is 0 Å². The first-order chi connectivity index (χ1) is 6.79. The molecule has 0 fully saturated rings. The molecule has 2 rings (SSSR count). The summed E-state index contributed by atoms with van der Waals surface area (Å²) in [4.78, 5) is 5.54. The van der Waals surface area contributed by atoms with Gasteiger partial charge in [-0.25, -0.2) is 4.98 Å². The lowest BCUT2D eigenvalue weighted by molar-refractivity contribution is 0.397. The van der Waals surface area contributed by atoms with Crippen LogP contribution in [0.25, 0.3) is 5.69 Å². The fourth-order valence-electron chi connectivity index (χ4n) is 1.10. The van der Waals surface area contributed by atoms with E-state index in [1.54, 1.807) is 30.4 Å². The summed E-state index contributed by atoms with van der Waals surface area (Å²) < 4.78 is 5.00. The molecule has 0 aliphatic rings. The summed E-state index contributed by atoms with van der Waals surface area (Å²) in [6, 6.07) is 3.60. The summed E-state index contributed by atoms with van der Waals surface area (Å²) in [6.07, 6.45) is 3.36. The summed E-state index contributed by atoms with van der Waals surface area (Å²) in [5.41, 5.74) is 1.71. The number of hydrogen-bond acceptors (Lipinski definition) is 4. The van der Waals surface area contributed by atoms with Gasteiger partial charge in [-0.3, -0.25) is 0 Å². The molecule has 0 amide bonds. The first kappa shape index (κ1) is 8.68. The highest BCUT2D eigenvalue weighted by atomic mass is 16.5. The highest BCUT2D eigenvalue weighted by Crippen LogP contribution is 2.11. The summed E-state index contributed by atoms with van der Waals surface area (Å²) in [6.45, 7) is 1.89. The van der Waals surface area contributed by atoms with Crippen molar-refractivity contribution in [3.05, 3.63) is 30.2 Å². The zero-order valence-electron chi connectivity index (χ0n) is 8.01. The zero-order valence-corrected chi connectivity index (χ0v) is 8.01. The molecule has 0 bridgehead atoms. The summed E-state index contributed by atoms with van der Waals surface area (Å²) in [5.74, 6) is 0.553. The molecule has 0 aromatic carbocycles. The van der Waals surface area contributed by atoms with Crippen LogP contribution in [0.5, 0.6) is 5.88 Å². The van der Waals surface area contributed by atoms with Crippen LogP contribution in [0.4, 0.5) is 0 Å². The monoisotopic (exact) mass is 190 g/mol. The van der Waals surface area contributed by atoms with E-state index in [9.17, 15) is 0 Å². The van der Waals surface area contributed by atoms with Crippen molar-refractivity contribution < 1.29 is 4.74 Å². The van der Waals surface area contributed by atoms with Crippen molar-refractivity contribution in [2.24, 2.45) is 0 Å². The first-order valence-electron chi connectivity index (χ1n) is 4.19. The Morgan fingerprint density at radius 3 is 2.93 bits per heavy atom. The Balaban J connectivity index is 2.41. The molecule has 0 unspecified atom stereocenters. The van der Waals surface area contributed by atoms with E-state index < -0.39 is 0 Å². The lowest BCUT2D eigenvalue weighted by atomic mass is 10.4. The number of pyridine rings is 1. The number of rotatable bonds is 2. The van der Waals surface area contributed by atoms with Gasteiger partial charge in [0.05, 0.1) is 24.7 Å². The minimum absolute atomic E-state index is 0.553. The second-order valence-electron chi connectivity index (χ2n) is 2.83. The molecule has 0 aliphatic carbocycles. The maximum atomic E-state index is 5.00. The van der Waals surface area contributed by atoms with E-state index in [1.165, 1.54) is 0 Å². The van der Waals surface area contributed by atoms with Crippen LogP contribution in [-0.2, 0) is 0 Å². The van der Waals surface area contributed by atoms with E-state index in [0.29, 0.717) is 5.88 Å². The predicted molar refractivity (Wildman–Crippen MR) is 50.4 cm³/mol. The van der Waals surface area contributed by atoms with E-state index in [1.807, 2.05) is 13.0 Å². The van der Waals surface area contributed by atoms with Crippen LogP contribution in [0.1, 0.15) is 5.69 Å². The van der Waals surface area contributed by atoms with Crippen molar-refractivity contribution in [2.45, 2.75) is 6.92 Å². The summed E-state index contributed by atoms with van der Waals surface area (Å²) in [5, 5.41) is 8.26. The largest absolute Gasteiger partial charge is 0.481 e. The Labute approximate surface area is 81.3 Å². The van der Waals surface area contributed by atoms with Gasteiger partial charge >= 0.3 is 0 Å². The number of methoxy groups -OCH3 is 1. The third kappa shape index (κ3) is 1.56. The molecule has 5 heteroatoms. The Hall–Kier alpha value is -1.91. The van der Waals surface area contributed by atoms with Gasteiger partial charge in [0.1, 0.15) is 0 Å². The van der Waals surface area contributed by atoms with Gasteiger partial charge in [0.15, 0.2) is 0 Å². The average molecular weight is 190 g/mol. The van der Waals surface area contributed by atoms with Crippen molar-refractivity contribution in [3.8, 4) is 11.6 Å². The second-order valence-corrected chi connectivity index (χ2v) is 2.83. The van der Waals surface area contributed by atoms with Crippen LogP contribution in [-0.4, -0.2) is 27.1 Å². The van der Waals surface area contributed by atoms with Gasteiger partial charge in [0.25, 0.3) is 0 Å². The zero-order chi connectivity index (χ0) is 9.97. The Morgan fingerprint density at radius 1 is 1.43 bits per heavy atom. The van der Waals surface area contributed by atoms with Gasteiger partial charge in [-0.2, -0.15) is 15.0 Å². The molecule has 0 N–H and O–H groups in total. The lowest BCUT2D eigenvalue weighted by Crippen LogP contribution is -1.99. The fourth-order valence-corrected chi connectivity index (χ4v) is 1.10. The van der Waals surface area contributed by atoms with Crippen LogP contribution in [0, 0.1) is 6.92 Å². The molecular formula is C9H10N4O. The molecule has 0 radical (unpaired) electrons. The van der Waals surface area contributed by atoms with Gasteiger partial charge < -0.3 is 4.74 Å². The molecule has 0 spiro atoms. The fraction of sp³-hybridized carbons (Fsp3) is 0.222. The van der Waals surface area contributed by atoms with Crippen molar-refractivity contribution in [1.29, 1.82) is 0 Å². The number of hydrogen-bond donors (Lipinski definition) is 0. The number of aryl methyl sites for hydroxylation is 1. The number of ether oxygens (including phenoxy) is 1. The summed E-state index contributed by atoms with van der Waals surface area (Å²) >= 11 is 0. The highest BCUT2D eigenvalue weighted by molar-refractivity contribution is 5.32. The van der Waals surface area contributed by atoms with Crippen LogP contribution < -0.4 is 4.74 Å². The molecule has 5 nitrogen and oxygen atoms in total. The van der Waals surface area contributed by atoms with E-state index in [0.717, 1.165) is 11.4 Å². The topological polar surface area (TPSA) is 52.8 Å². The van der Waals surface area contributed by atoms with Crippen molar-refractivity contribution in [1.82, 2.24) is 20.0 Å². The van der Waals surface area contributed by atoms with Gasteiger partial charge in [0, 0.05) is 12.3 Å². The van der Waals surface area contributed by atoms with Gasteiger partial charge in [0.2, 0.25) is 5.88 Å². The maximum absolute atomic E-state index is 5.00. The Kier molecular flexibility index (Phi) is 2.14. The van der Waals surface area contributed by atoms with E-state index in [4.69, 9.17) is 4.74 Å². The summed E-state index contributed by atoms with van der Waals surface area (Å²) in [7, 11) is 1.58. The van der Waals surface area contributed by atoms with E-state index in [-0.39, 0.29) is 0 Å². The lowest BCUT2D eigenvalue weighted by Gasteiger charge is -2.01. The molecular weight excluding hydrogens is 180 g/mol.